The highest BCUT2D eigenvalue weighted by Gasteiger charge is 2.57. The van der Waals surface area contributed by atoms with E-state index in [0.29, 0.717) is 0 Å². The molecular formula is C46H50O13S. The van der Waals surface area contributed by atoms with Crippen molar-refractivity contribution in [1.29, 1.82) is 0 Å². The van der Waals surface area contributed by atoms with Gasteiger partial charge in [0.2, 0.25) is 0 Å². The highest BCUT2D eigenvalue weighted by atomic mass is 32.2. The van der Waals surface area contributed by atoms with Gasteiger partial charge in [-0.05, 0) is 30.2 Å². The van der Waals surface area contributed by atoms with Crippen molar-refractivity contribution in [1.82, 2.24) is 0 Å². The number of ether oxygens (including phenoxy) is 10. The third-order valence-electron chi connectivity index (χ3n) is 10.1. The normalized spacial score (nSPS) is 28.8. The quantitative estimate of drug-likeness (QED) is 0.0933. The summed E-state index contributed by atoms with van der Waals surface area (Å²) in [7, 11) is 0. The van der Waals surface area contributed by atoms with Crippen LogP contribution in [0.25, 0.3) is 0 Å². The summed E-state index contributed by atoms with van der Waals surface area (Å²) in [5, 5.41) is 0. The van der Waals surface area contributed by atoms with E-state index in [9.17, 15) is 14.4 Å². The summed E-state index contributed by atoms with van der Waals surface area (Å²) in [4.78, 5) is 39.5. The van der Waals surface area contributed by atoms with Gasteiger partial charge in [-0.25, -0.2) is 0 Å². The molecule has 3 heterocycles. The SMILES string of the molecule is CC(=O)O[C@@H]1[C@@H](OC(C)=O)[C@H](Sc2ccc(C)cc2)O[C@H](COCc2ccccc2)[C@H]1O[C@H]1O[C@@H]2CO[C@@H](c3ccccc3)O[C@H]2[C@H](OCc2ccccc2)[C@H]1OC(C)=O. The van der Waals surface area contributed by atoms with Gasteiger partial charge in [-0.2, -0.15) is 0 Å². The standard InChI is InChI=1S/C46H50O13S/c1-28-20-22-35(23-21-28)60-46-43(55-31(4)49)41(53-29(2)47)39(36(57-46)26-50-24-32-14-8-5-9-15-32)59-45-42(54-30(3)48)40(51-25-33-16-10-6-11-17-33)38-37(56-45)27-52-44(58-38)34-18-12-7-13-19-34/h5-23,36-46H,24-27H2,1-4H3/t36-,37-,38-,39-,40+,41+,42-,43-,44-,45-,46+/m1/s1. The summed E-state index contributed by atoms with van der Waals surface area (Å²) >= 11 is 1.31. The molecule has 0 amide bonds. The van der Waals surface area contributed by atoms with Crippen LogP contribution in [-0.4, -0.2) is 91.7 Å². The maximum atomic E-state index is 13.0. The predicted molar refractivity (Wildman–Crippen MR) is 217 cm³/mol. The van der Waals surface area contributed by atoms with Crippen LogP contribution in [-0.2, 0) is 75.0 Å². The molecule has 0 saturated carbocycles. The first-order chi connectivity index (χ1) is 29.1. The van der Waals surface area contributed by atoms with Crippen molar-refractivity contribution in [2.45, 2.75) is 113 Å². The molecular weight excluding hydrogens is 793 g/mol. The molecule has 4 aromatic rings. The van der Waals surface area contributed by atoms with Crippen molar-refractivity contribution in [2.75, 3.05) is 13.2 Å². The van der Waals surface area contributed by atoms with E-state index in [1.807, 2.05) is 122 Å². The number of esters is 3. The summed E-state index contributed by atoms with van der Waals surface area (Å²) in [5.74, 6) is -1.90. The van der Waals surface area contributed by atoms with Crippen LogP contribution in [0.15, 0.2) is 120 Å². The highest BCUT2D eigenvalue weighted by molar-refractivity contribution is 7.99. The van der Waals surface area contributed by atoms with Crippen LogP contribution in [0.3, 0.4) is 0 Å². The zero-order valence-corrected chi connectivity index (χ0v) is 34.7. The molecule has 0 aliphatic carbocycles. The predicted octanol–water partition coefficient (Wildman–Crippen LogP) is 6.63. The molecule has 11 atom stereocenters. The molecule has 13 nitrogen and oxygen atoms in total. The molecule has 4 aromatic carbocycles. The van der Waals surface area contributed by atoms with E-state index in [-0.39, 0.29) is 26.4 Å². The molecule has 3 aliphatic heterocycles. The minimum Gasteiger partial charge on any atom is -0.456 e. The molecule has 3 saturated heterocycles. The fourth-order valence-corrected chi connectivity index (χ4v) is 8.50. The summed E-state index contributed by atoms with van der Waals surface area (Å²) < 4.78 is 63.8. The maximum Gasteiger partial charge on any atom is 0.303 e. The van der Waals surface area contributed by atoms with E-state index in [2.05, 4.69) is 0 Å². The minimum absolute atomic E-state index is 0.0367. The number of benzene rings is 4. The van der Waals surface area contributed by atoms with E-state index < -0.39 is 84.8 Å². The van der Waals surface area contributed by atoms with Crippen molar-refractivity contribution in [3.63, 3.8) is 0 Å². The van der Waals surface area contributed by atoms with Gasteiger partial charge in [0.15, 0.2) is 30.9 Å². The molecule has 3 aliphatic rings. The van der Waals surface area contributed by atoms with Gasteiger partial charge in [0.05, 0.1) is 26.4 Å². The minimum atomic E-state index is -1.35. The van der Waals surface area contributed by atoms with Gasteiger partial charge in [0.25, 0.3) is 0 Å². The lowest BCUT2D eigenvalue weighted by atomic mass is 9.95. The number of thioether (sulfide) groups is 1. The summed E-state index contributed by atoms with van der Waals surface area (Å²) in [6.45, 7) is 6.21. The first-order valence-electron chi connectivity index (χ1n) is 19.9. The van der Waals surface area contributed by atoms with Gasteiger partial charge in [-0.15, -0.1) is 0 Å². The van der Waals surface area contributed by atoms with Crippen LogP contribution in [0.5, 0.6) is 0 Å². The lowest BCUT2D eigenvalue weighted by Crippen LogP contribution is -2.67. The van der Waals surface area contributed by atoms with Crippen molar-refractivity contribution in [2.24, 2.45) is 0 Å². The van der Waals surface area contributed by atoms with Crippen molar-refractivity contribution < 1.29 is 61.8 Å². The molecule has 318 valence electrons. The van der Waals surface area contributed by atoms with E-state index in [1.54, 1.807) is 0 Å². The monoisotopic (exact) mass is 842 g/mol. The molecule has 0 aromatic heterocycles. The second-order valence-corrected chi connectivity index (χ2v) is 15.9. The second kappa shape index (κ2) is 20.8. The molecule has 3 fully saturated rings. The fourth-order valence-electron chi connectivity index (χ4n) is 7.40. The lowest BCUT2D eigenvalue weighted by molar-refractivity contribution is -0.382. The second-order valence-electron chi connectivity index (χ2n) is 14.8. The Bertz CT molecular complexity index is 1990. The van der Waals surface area contributed by atoms with Gasteiger partial charge < -0.3 is 47.4 Å². The van der Waals surface area contributed by atoms with E-state index >= 15 is 0 Å². The molecule has 0 radical (unpaired) electrons. The van der Waals surface area contributed by atoms with E-state index in [1.165, 1.54) is 32.5 Å². The van der Waals surface area contributed by atoms with Gasteiger partial charge in [-0.1, -0.05) is 120 Å². The Hall–Kier alpha value is -4.64. The Labute approximate surface area is 353 Å². The molecule has 0 N–H and O–H groups in total. The zero-order chi connectivity index (χ0) is 42.0. The number of carbonyl (C=O) groups is 3. The smallest absolute Gasteiger partial charge is 0.303 e. The molecule has 60 heavy (non-hydrogen) atoms. The van der Waals surface area contributed by atoms with Crippen molar-refractivity contribution in [3.05, 3.63) is 138 Å². The highest BCUT2D eigenvalue weighted by Crippen LogP contribution is 2.41. The zero-order valence-electron chi connectivity index (χ0n) is 33.9. The summed E-state index contributed by atoms with van der Waals surface area (Å²) in [6, 6.07) is 36.4. The third-order valence-corrected chi connectivity index (χ3v) is 11.3. The maximum absolute atomic E-state index is 13.0. The van der Waals surface area contributed by atoms with E-state index in [0.717, 1.165) is 27.1 Å². The number of carbonyl (C=O) groups excluding carboxylic acids is 3. The first-order valence-corrected chi connectivity index (χ1v) is 20.8. The number of aryl methyl sites for hydroxylation is 1. The first kappa shape index (κ1) is 43.4. The Kier molecular flexibility index (Phi) is 15.0. The Morgan fingerprint density at radius 3 is 1.85 bits per heavy atom. The summed E-state index contributed by atoms with van der Waals surface area (Å²) in [5.41, 5.74) is 2.78. The van der Waals surface area contributed by atoms with E-state index in [4.69, 9.17) is 47.4 Å². The van der Waals surface area contributed by atoms with Crippen LogP contribution < -0.4 is 0 Å². The van der Waals surface area contributed by atoms with Gasteiger partial charge in [-0.3, -0.25) is 14.4 Å². The fraction of sp³-hybridized carbons (Fsp3) is 0.413. The molecule has 14 heteroatoms. The van der Waals surface area contributed by atoms with Crippen LogP contribution in [0.4, 0.5) is 0 Å². The van der Waals surface area contributed by atoms with Crippen molar-refractivity contribution in [3.8, 4) is 0 Å². The average molecular weight is 843 g/mol. The number of hydrogen-bond acceptors (Lipinski definition) is 14. The third kappa shape index (κ3) is 11.4. The van der Waals surface area contributed by atoms with Crippen LogP contribution in [0.1, 0.15) is 49.3 Å². The van der Waals surface area contributed by atoms with Crippen LogP contribution in [0.2, 0.25) is 0 Å². The van der Waals surface area contributed by atoms with Gasteiger partial charge >= 0.3 is 17.9 Å². The molecule has 7 rings (SSSR count). The lowest BCUT2D eigenvalue weighted by Gasteiger charge is -2.51. The Balaban J connectivity index is 1.24. The average Bonchev–Trinajstić information content (AvgIpc) is 3.24. The molecule has 0 unspecified atom stereocenters. The van der Waals surface area contributed by atoms with Crippen LogP contribution >= 0.6 is 11.8 Å². The van der Waals surface area contributed by atoms with Gasteiger partial charge in [0.1, 0.15) is 36.0 Å². The van der Waals surface area contributed by atoms with Crippen LogP contribution in [0, 0.1) is 6.92 Å². The summed E-state index contributed by atoms with van der Waals surface area (Å²) in [6.07, 6.45) is -10.3. The molecule has 0 spiro atoms. The Morgan fingerprint density at radius 2 is 1.22 bits per heavy atom. The number of hydrogen-bond donors (Lipinski definition) is 0. The topological polar surface area (TPSA) is 144 Å². The molecule has 0 bridgehead atoms. The number of fused-ring (bicyclic) bond motifs is 1. The van der Waals surface area contributed by atoms with Crippen molar-refractivity contribution >= 4 is 29.7 Å². The Morgan fingerprint density at radius 1 is 0.633 bits per heavy atom. The largest absolute Gasteiger partial charge is 0.456 e. The number of rotatable bonds is 15. The van der Waals surface area contributed by atoms with Gasteiger partial charge in [0, 0.05) is 31.2 Å².